The Hall–Kier alpha value is -2.62. The van der Waals surface area contributed by atoms with Crippen molar-refractivity contribution in [1.29, 1.82) is 0 Å². The van der Waals surface area contributed by atoms with Crippen LogP contribution in [0, 0.1) is 0 Å². The summed E-state index contributed by atoms with van der Waals surface area (Å²) in [5.74, 6) is -0.655. The van der Waals surface area contributed by atoms with Crippen molar-refractivity contribution in [1.82, 2.24) is 0 Å². The van der Waals surface area contributed by atoms with E-state index in [2.05, 4.69) is 0 Å². The van der Waals surface area contributed by atoms with Crippen LogP contribution in [0.15, 0.2) is 48.5 Å². The molecule has 2 aromatic carbocycles. The molecule has 0 fully saturated rings. The minimum absolute atomic E-state index is 0.00216. The van der Waals surface area contributed by atoms with E-state index in [1.165, 1.54) is 0 Å². The number of hydrogen-bond donors (Lipinski definition) is 0. The number of anilines is 1. The topological polar surface area (TPSA) is 46.6 Å². The highest BCUT2D eigenvalue weighted by atomic mass is 16.6. The second-order valence-corrected chi connectivity index (χ2v) is 7.40. The van der Waals surface area contributed by atoms with Crippen molar-refractivity contribution in [3.05, 3.63) is 65.2 Å². The average molecular weight is 337 g/mol. The summed E-state index contributed by atoms with van der Waals surface area (Å²) in [6.07, 6.45) is 0. The number of rotatable bonds is 3. The predicted molar refractivity (Wildman–Crippen MR) is 97.7 cm³/mol. The molecule has 0 N–H and O–H groups in total. The summed E-state index contributed by atoms with van der Waals surface area (Å²) < 4.78 is 5.47. The average Bonchev–Trinajstić information content (AvgIpc) is 2.90. The number of ether oxygens (including phenoxy) is 1. The van der Waals surface area contributed by atoms with Crippen LogP contribution in [0.5, 0.6) is 0 Å². The molecule has 0 aliphatic carbocycles. The molecule has 1 atom stereocenters. The van der Waals surface area contributed by atoms with Gasteiger partial charge in [-0.1, -0.05) is 30.3 Å². The Bertz CT molecular complexity index is 820. The largest absolute Gasteiger partial charge is 0.460 e. The molecular formula is C21H23NO3. The highest BCUT2D eigenvalue weighted by molar-refractivity contribution is 6.10. The lowest BCUT2D eigenvalue weighted by molar-refractivity contribution is -0.156. The SMILES string of the molecule is CC(C(=O)OC(C)(C)C)c1cccc(N2Cc3ccccc3C2=O)c1. The summed E-state index contributed by atoms with van der Waals surface area (Å²) >= 11 is 0. The molecule has 0 saturated heterocycles. The van der Waals surface area contributed by atoms with Gasteiger partial charge in [0.1, 0.15) is 5.60 Å². The molecule has 0 bridgehead atoms. The summed E-state index contributed by atoms with van der Waals surface area (Å²) in [6.45, 7) is 7.95. The number of hydrogen-bond acceptors (Lipinski definition) is 3. The number of fused-ring (bicyclic) bond motifs is 1. The van der Waals surface area contributed by atoms with Crippen LogP contribution in [0.4, 0.5) is 5.69 Å². The smallest absolute Gasteiger partial charge is 0.313 e. The summed E-state index contributed by atoms with van der Waals surface area (Å²) in [4.78, 5) is 26.7. The number of amides is 1. The molecule has 25 heavy (non-hydrogen) atoms. The van der Waals surface area contributed by atoms with Gasteiger partial charge in [-0.15, -0.1) is 0 Å². The van der Waals surface area contributed by atoms with Crippen LogP contribution >= 0.6 is 0 Å². The van der Waals surface area contributed by atoms with Gasteiger partial charge in [0.2, 0.25) is 0 Å². The Kier molecular flexibility index (Phi) is 4.38. The molecule has 130 valence electrons. The van der Waals surface area contributed by atoms with Crippen molar-refractivity contribution in [2.24, 2.45) is 0 Å². The first kappa shape index (κ1) is 17.2. The second-order valence-electron chi connectivity index (χ2n) is 7.40. The van der Waals surface area contributed by atoms with E-state index in [0.29, 0.717) is 6.54 Å². The van der Waals surface area contributed by atoms with Gasteiger partial charge in [0, 0.05) is 11.3 Å². The van der Waals surface area contributed by atoms with Gasteiger partial charge in [-0.25, -0.2) is 0 Å². The first-order valence-corrected chi connectivity index (χ1v) is 8.49. The standard InChI is InChI=1S/C21H23NO3/c1-14(20(24)25-21(2,3)4)15-9-7-10-17(12-15)22-13-16-8-5-6-11-18(16)19(22)23/h5-12,14H,13H2,1-4H3. The van der Waals surface area contributed by atoms with Crippen LogP contribution in [0.1, 0.15) is 55.1 Å². The van der Waals surface area contributed by atoms with E-state index in [4.69, 9.17) is 4.74 Å². The summed E-state index contributed by atoms with van der Waals surface area (Å²) in [5.41, 5.74) is 2.89. The molecule has 1 heterocycles. The predicted octanol–water partition coefficient (Wildman–Crippen LogP) is 4.29. The van der Waals surface area contributed by atoms with E-state index < -0.39 is 5.60 Å². The first-order valence-electron chi connectivity index (χ1n) is 8.49. The van der Waals surface area contributed by atoms with Crippen molar-refractivity contribution >= 4 is 17.6 Å². The Morgan fingerprint density at radius 1 is 1.12 bits per heavy atom. The van der Waals surface area contributed by atoms with Crippen molar-refractivity contribution in [2.45, 2.75) is 45.8 Å². The van der Waals surface area contributed by atoms with Gasteiger partial charge < -0.3 is 9.64 Å². The molecule has 1 unspecified atom stereocenters. The fourth-order valence-electron chi connectivity index (χ4n) is 2.95. The Morgan fingerprint density at radius 2 is 1.84 bits per heavy atom. The number of carbonyl (C=O) groups is 2. The molecule has 1 aliphatic heterocycles. The zero-order chi connectivity index (χ0) is 18.2. The van der Waals surface area contributed by atoms with Gasteiger partial charge in [0.05, 0.1) is 12.5 Å². The number of nitrogens with zero attached hydrogens (tertiary/aromatic N) is 1. The number of benzene rings is 2. The quantitative estimate of drug-likeness (QED) is 0.785. The molecule has 1 amide bonds. The lowest BCUT2D eigenvalue weighted by Gasteiger charge is -2.23. The third kappa shape index (κ3) is 3.58. The van der Waals surface area contributed by atoms with Gasteiger partial charge in [0.15, 0.2) is 0 Å². The lowest BCUT2D eigenvalue weighted by Crippen LogP contribution is -2.27. The van der Waals surface area contributed by atoms with E-state index in [1.807, 2.05) is 76.2 Å². The van der Waals surface area contributed by atoms with Crippen LogP contribution < -0.4 is 4.90 Å². The zero-order valence-corrected chi connectivity index (χ0v) is 15.1. The van der Waals surface area contributed by atoms with E-state index in [0.717, 1.165) is 22.4 Å². The molecule has 2 aromatic rings. The maximum Gasteiger partial charge on any atom is 0.313 e. The molecule has 0 radical (unpaired) electrons. The maximum atomic E-state index is 12.6. The van der Waals surface area contributed by atoms with Gasteiger partial charge in [-0.05, 0) is 57.0 Å². The number of esters is 1. The van der Waals surface area contributed by atoms with Crippen molar-refractivity contribution in [2.75, 3.05) is 4.90 Å². The van der Waals surface area contributed by atoms with E-state index >= 15 is 0 Å². The molecule has 0 saturated carbocycles. The van der Waals surface area contributed by atoms with Crippen LogP contribution in [0.25, 0.3) is 0 Å². The number of carbonyl (C=O) groups excluding carboxylic acids is 2. The van der Waals surface area contributed by atoms with Gasteiger partial charge in [-0.3, -0.25) is 9.59 Å². The van der Waals surface area contributed by atoms with Gasteiger partial charge >= 0.3 is 5.97 Å². The Labute approximate surface area is 148 Å². The molecule has 0 spiro atoms. The van der Waals surface area contributed by atoms with E-state index in [9.17, 15) is 9.59 Å². The minimum Gasteiger partial charge on any atom is -0.460 e. The van der Waals surface area contributed by atoms with Crippen molar-refractivity contribution in [3.63, 3.8) is 0 Å². The highest BCUT2D eigenvalue weighted by Crippen LogP contribution is 2.30. The van der Waals surface area contributed by atoms with E-state index in [1.54, 1.807) is 4.90 Å². The zero-order valence-electron chi connectivity index (χ0n) is 15.1. The lowest BCUT2D eigenvalue weighted by atomic mass is 10.00. The molecular weight excluding hydrogens is 314 g/mol. The molecule has 1 aliphatic rings. The van der Waals surface area contributed by atoms with Gasteiger partial charge in [-0.2, -0.15) is 0 Å². The van der Waals surface area contributed by atoms with Crippen LogP contribution in [0.3, 0.4) is 0 Å². The third-order valence-electron chi connectivity index (χ3n) is 4.26. The fourth-order valence-corrected chi connectivity index (χ4v) is 2.95. The first-order chi connectivity index (χ1) is 11.8. The Morgan fingerprint density at radius 3 is 2.52 bits per heavy atom. The molecule has 4 heteroatoms. The molecule has 4 nitrogen and oxygen atoms in total. The second kappa shape index (κ2) is 6.36. The third-order valence-corrected chi connectivity index (χ3v) is 4.26. The normalized spacial score (nSPS) is 15.0. The van der Waals surface area contributed by atoms with Crippen LogP contribution in [-0.4, -0.2) is 17.5 Å². The summed E-state index contributed by atoms with van der Waals surface area (Å²) in [5, 5.41) is 0. The van der Waals surface area contributed by atoms with Crippen molar-refractivity contribution in [3.8, 4) is 0 Å². The molecule has 3 rings (SSSR count). The molecule has 0 aromatic heterocycles. The highest BCUT2D eigenvalue weighted by Gasteiger charge is 2.29. The van der Waals surface area contributed by atoms with Gasteiger partial charge in [0.25, 0.3) is 5.91 Å². The summed E-state index contributed by atoms with van der Waals surface area (Å²) in [7, 11) is 0. The summed E-state index contributed by atoms with van der Waals surface area (Å²) in [6, 6.07) is 15.2. The van der Waals surface area contributed by atoms with Crippen LogP contribution in [-0.2, 0) is 16.1 Å². The minimum atomic E-state index is -0.518. The Balaban J connectivity index is 1.83. The van der Waals surface area contributed by atoms with Crippen molar-refractivity contribution < 1.29 is 14.3 Å². The monoisotopic (exact) mass is 337 g/mol. The fraction of sp³-hybridized carbons (Fsp3) is 0.333. The van der Waals surface area contributed by atoms with Crippen LogP contribution in [0.2, 0.25) is 0 Å². The van der Waals surface area contributed by atoms with E-state index in [-0.39, 0.29) is 17.8 Å². The maximum absolute atomic E-state index is 12.6.